The zero-order chi connectivity index (χ0) is 12.3. The van der Waals surface area contributed by atoms with Crippen molar-refractivity contribution < 1.29 is 22.3 Å². The second-order valence-electron chi connectivity index (χ2n) is 3.06. The van der Waals surface area contributed by atoms with Crippen LogP contribution < -0.4 is 5.14 Å². The highest BCUT2D eigenvalue weighted by Gasteiger charge is 2.15. The number of primary sulfonamides is 1. The lowest BCUT2D eigenvalue weighted by atomic mass is 10.1. The lowest BCUT2D eigenvalue weighted by Crippen LogP contribution is -2.15. The normalized spacial score (nSPS) is 11.2. The van der Waals surface area contributed by atoms with Crippen molar-refractivity contribution in [2.45, 2.75) is 11.3 Å². The number of nitrogens with two attached hydrogens (primary N) is 1. The molecule has 7 heteroatoms. The second-order valence-corrected chi connectivity index (χ2v) is 4.59. The number of carbonyl (C=O) groups excluding carboxylic acids is 1. The summed E-state index contributed by atoms with van der Waals surface area (Å²) < 4.78 is 39.5. The Morgan fingerprint density at radius 2 is 2.12 bits per heavy atom. The molecule has 0 radical (unpaired) electrons. The third-order valence-corrected chi connectivity index (χ3v) is 2.80. The Morgan fingerprint density at radius 1 is 1.50 bits per heavy atom. The predicted molar refractivity (Wildman–Crippen MR) is 53.5 cm³/mol. The highest BCUT2D eigenvalue weighted by molar-refractivity contribution is 7.89. The molecule has 88 valence electrons. The summed E-state index contributed by atoms with van der Waals surface area (Å²) in [6, 6.07) is 3.25. The molecule has 0 aliphatic carbocycles. The minimum absolute atomic E-state index is 0.140. The maximum Gasteiger partial charge on any atom is 0.309 e. The van der Waals surface area contributed by atoms with Gasteiger partial charge in [0, 0.05) is 0 Å². The average molecular weight is 247 g/mol. The number of hydrogen-bond acceptors (Lipinski definition) is 4. The molecule has 0 heterocycles. The lowest BCUT2D eigenvalue weighted by molar-refractivity contribution is -0.139. The third kappa shape index (κ3) is 3.01. The van der Waals surface area contributed by atoms with E-state index in [4.69, 9.17) is 5.14 Å². The van der Waals surface area contributed by atoms with Crippen molar-refractivity contribution >= 4 is 16.0 Å². The van der Waals surface area contributed by atoms with Crippen molar-refractivity contribution in [3.8, 4) is 0 Å². The van der Waals surface area contributed by atoms with E-state index in [9.17, 15) is 17.6 Å². The van der Waals surface area contributed by atoms with Crippen molar-refractivity contribution in [3.05, 3.63) is 29.6 Å². The van der Waals surface area contributed by atoms with Gasteiger partial charge >= 0.3 is 5.97 Å². The van der Waals surface area contributed by atoms with Crippen LogP contribution in [-0.2, 0) is 26.0 Å². The number of halogens is 1. The zero-order valence-corrected chi connectivity index (χ0v) is 9.25. The number of benzene rings is 1. The van der Waals surface area contributed by atoms with E-state index in [2.05, 4.69) is 4.74 Å². The topological polar surface area (TPSA) is 86.5 Å². The molecule has 0 amide bonds. The van der Waals surface area contributed by atoms with Crippen LogP contribution in [0, 0.1) is 5.82 Å². The number of methoxy groups -OCH3 is 1. The molecule has 0 aromatic heterocycles. The van der Waals surface area contributed by atoms with E-state index in [-0.39, 0.29) is 6.42 Å². The summed E-state index contributed by atoms with van der Waals surface area (Å²) in [5.74, 6) is -1.50. The van der Waals surface area contributed by atoms with Gasteiger partial charge in [-0.3, -0.25) is 4.79 Å². The van der Waals surface area contributed by atoms with E-state index in [0.717, 1.165) is 12.1 Å². The molecule has 1 aromatic rings. The standard InChI is InChI=1S/C9H10FNO4S/c1-15-9(12)5-6-2-3-7(10)8(4-6)16(11,13)14/h2-4H,5H2,1H3,(H2,11,13,14). The number of carbonyl (C=O) groups is 1. The first-order valence-corrected chi connectivity index (χ1v) is 5.77. The zero-order valence-electron chi connectivity index (χ0n) is 8.44. The van der Waals surface area contributed by atoms with Crippen molar-refractivity contribution in [3.63, 3.8) is 0 Å². The van der Waals surface area contributed by atoms with Gasteiger partial charge in [-0.1, -0.05) is 6.07 Å². The fourth-order valence-electron chi connectivity index (χ4n) is 1.11. The highest BCUT2D eigenvalue weighted by Crippen LogP contribution is 2.15. The fourth-order valence-corrected chi connectivity index (χ4v) is 1.77. The van der Waals surface area contributed by atoms with Crippen LogP contribution in [0.5, 0.6) is 0 Å². The molecule has 0 saturated heterocycles. The highest BCUT2D eigenvalue weighted by atomic mass is 32.2. The fraction of sp³-hybridized carbons (Fsp3) is 0.222. The van der Waals surface area contributed by atoms with Crippen LogP contribution >= 0.6 is 0 Å². The van der Waals surface area contributed by atoms with Crippen LogP contribution in [0.15, 0.2) is 23.1 Å². The summed E-state index contributed by atoms with van der Waals surface area (Å²) in [7, 11) is -2.92. The monoisotopic (exact) mass is 247 g/mol. The van der Waals surface area contributed by atoms with Gasteiger partial charge in [0.1, 0.15) is 10.7 Å². The first-order chi connectivity index (χ1) is 7.34. The summed E-state index contributed by atoms with van der Waals surface area (Å²) in [5.41, 5.74) is 0.317. The van der Waals surface area contributed by atoms with Crippen molar-refractivity contribution in [2.24, 2.45) is 5.14 Å². The van der Waals surface area contributed by atoms with Crippen LogP contribution in [0.2, 0.25) is 0 Å². The van der Waals surface area contributed by atoms with Crippen LogP contribution in [-0.4, -0.2) is 21.5 Å². The molecule has 16 heavy (non-hydrogen) atoms. The molecule has 0 atom stereocenters. The molecule has 0 fully saturated rings. The minimum atomic E-state index is -4.13. The summed E-state index contributed by atoms with van der Waals surface area (Å²) in [6.07, 6.45) is -0.140. The quantitative estimate of drug-likeness (QED) is 0.772. The summed E-state index contributed by atoms with van der Waals surface area (Å²) in [4.78, 5) is 10.3. The van der Waals surface area contributed by atoms with E-state index >= 15 is 0 Å². The van der Waals surface area contributed by atoms with Crippen molar-refractivity contribution in [1.82, 2.24) is 0 Å². The van der Waals surface area contributed by atoms with Gasteiger partial charge in [-0.2, -0.15) is 0 Å². The first-order valence-electron chi connectivity index (χ1n) is 4.22. The Bertz CT molecular complexity index is 512. The Morgan fingerprint density at radius 3 is 2.62 bits per heavy atom. The Balaban J connectivity index is 3.13. The number of ether oxygens (including phenoxy) is 1. The summed E-state index contributed by atoms with van der Waals surface area (Å²) >= 11 is 0. The Kier molecular flexibility index (Phi) is 3.61. The van der Waals surface area contributed by atoms with Gasteiger partial charge in [0.2, 0.25) is 10.0 Å². The number of hydrogen-bond donors (Lipinski definition) is 1. The van der Waals surface area contributed by atoms with Crippen LogP contribution in [0.3, 0.4) is 0 Å². The first kappa shape index (κ1) is 12.6. The van der Waals surface area contributed by atoms with E-state index in [1.807, 2.05) is 0 Å². The molecular weight excluding hydrogens is 237 g/mol. The number of rotatable bonds is 3. The van der Waals surface area contributed by atoms with Crippen LogP contribution in [0.25, 0.3) is 0 Å². The van der Waals surface area contributed by atoms with E-state index < -0.39 is 26.7 Å². The largest absolute Gasteiger partial charge is 0.469 e. The van der Waals surface area contributed by atoms with Gasteiger partial charge in [0.15, 0.2) is 0 Å². The van der Waals surface area contributed by atoms with Gasteiger partial charge in [0.05, 0.1) is 13.5 Å². The Labute approximate surface area is 92.1 Å². The maximum absolute atomic E-state index is 13.1. The van der Waals surface area contributed by atoms with Gasteiger partial charge < -0.3 is 4.74 Å². The van der Waals surface area contributed by atoms with Crippen molar-refractivity contribution in [2.75, 3.05) is 7.11 Å². The molecule has 0 saturated carbocycles. The van der Waals surface area contributed by atoms with Crippen molar-refractivity contribution in [1.29, 1.82) is 0 Å². The molecular formula is C9H10FNO4S. The Hall–Kier alpha value is -1.47. The minimum Gasteiger partial charge on any atom is -0.469 e. The molecule has 0 aliphatic rings. The third-order valence-electron chi connectivity index (χ3n) is 1.88. The van der Waals surface area contributed by atoms with E-state index in [1.54, 1.807) is 0 Å². The smallest absolute Gasteiger partial charge is 0.309 e. The molecule has 0 bridgehead atoms. The molecule has 5 nitrogen and oxygen atoms in total. The molecule has 1 rings (SSSR count). The summed E-state index contributed by atoms with van der Waals surface area (Å²) in [6.45, 7) is 0. The molecule has 1 aromatic carbocycles. The molecule has 0 aliphatic heterocycles. The van der Waals surface area contributed by atoms with E-state index in [0.29, 0.717) is 5.56 Å². The van der Waals surface area contributed by atoms with Gasteiger partial charge in [0.25, 0.3) is 0 Å². The van der Waals surface area contributed by atoms with Gasteiger partial charge in [-0.25, -0.2) is 17.9 Å². The lowest BCUT2D eigenvalue weighted by Gasteiger charge is -2.04. The summed E-state index contributed by atoms with van der Waals surface area (Å²) in [5, 5.41) is 4.81. The molecule has 0 spiro atoms. The van der Waals surface area contributed by atoms with E-state index in [1.165, 1.54) is 13.2 Å². The predicted octanol–water partition coefficient (Wildman–Crippen LogP) is 0.189. The van der Waals surface area contributed by atoms with Gasteiger partial charge in [-0.15, -0.1) is 0 Å². The SMILES string of the molecule is COC(=O)Cc1ccc(F)c(S(N)(=O)=O)c1. The van der Waals surface area contributed by atoms with Gasteiger partial charge in [-0.05, 0) is 17.7 Å². The second kappa shape index (κ2) is 4.58. The van der Waals surface area contributed by atoms with Crippen LogP contribution in [0.4, 0.5) is 4.39 Å². The molecule has 2 N–H and O–H groups in total. The number of sulfonamides is 1. The number of esters is 1. The molecule has 0 unspecified atom stereocenters. The van der Waals surface area contributed by atoms with Crippen LogP contribution in [0.1, 0.15) is 5.56 Å². The average Bonchev–Trinajstić information content (AvgIpc) is 2.19. The maximum atomic E-state index is 13.1.